The number of carbonyl (C=O) groups is 1. The molecule has 0 unspecified atom stereocenters. The van der Waals surface area contributed by atoms with Crippen LogP contribution >= 0.6 is 15.9 Å². The Hall–Kier alpha value is -2.21. The molecule has 2 heterocycles. The summed E-state index contributed by atoms with van der Waals surface area (Å²) in [4.78, 5) is 20.5. The number of carbonyl (C=O) groups excluding carboxylic acids is 1. The first kappa shape index (κ1) is 13.8. The highest BCUT2D eigenvalue weighted by Crippen LogP contribution is 2.23. The zero-order valence-electron chi connectivity index (χ0n) is 11.3. The van der Waals surface area contributed by atoms with Gasteiger partial charge in [-0.15, -0.1) is 0 Å². The molecule has 0 saturated carbocycles. The zero-order chi connectivity index (χ0) is 14.8. The highest BCUT2D eigenvalue weighted by molar-refractivity contribution is 9.10. The minimum atomic E-state index is -0.450. The standard InChI is InChI=1S/C15H12BrN3O2/c1-2-21-15(20)13-14(16)19-9-11(17-8-12(19)18-13)10-6-4-3-5-7-10/h3-9H,2H2,1H3. The Balaban J connectivity index is 2.10. The summed E-state index contributed by atoms with van der Waals surface area (Å²) in [6.07, 6.45) is 3.47. The van der Waals surface area contributed by atoms with Gasteiger partial charge in [-0.25, -0.2) is 9.78 Å². The molecule has 6 heteroatoms. The van der Waals surface area contributed by atoms with E-state index in [1.165, 1.54) is 0 Å². The molecule has 0 N–H and O–H groups in total. The molecule has 0 aliphatic heterocycles. The third-order valence-corrected chi connectivity index (χ3v) is 3.75. The first-order valence-electron chi connectivity index (χ1n) is 6.47. The highest BCUT2D eigenvalue weighted by Gasteiger charge is 2.18. The fourth-order valence-corrected chi connectivity index (χ4v) is 2.55. The van der Waals surface area contributed by atoms with Gasteiger partial charge in [0.05, 0.1) is 18.5 Å². The van der Waals surface area contributed by atoms with Crippen molar-refractivity contribution in [2.45, 2.75) is 6.92 Å². The van der Waals surface area contributed by atoms with Crippen LogP contribution in [0.5, 0.6) is 0 Å². The molecule has 5 nitrogen and oxygen atoms in total. The smallest absolute Gasteiger partial charge is 0.359 e. The van der Waals surface area contributed by atoms with Crippen molar-refractivity contribution >= 4 is 27.5 Å². The molecule has 0 amide bonds. The summed E-state index contributed by atoms with van der Waals surface area (Å²) in [6, 6.07) is 9.81. The van der Waals surface area contributed by atoms with Crippen molar-refractivity contribution in [3.63, 3.8) is 0 Å². The van der Waals surface area contributed by atoms with Gasteiger partial charge in [0.2, 0.25) is 0 Å². The lowest BCUT2D eigenvalue weighted by Crippen LogP contribution is -2.05. The minimum Gasteiger partial charge on any atom is -0.461 e. The Morgan fingerprint density at radius 1 is 1.33 bits per heavy atom. The minimum absolute atomic E-state index is 0.254. The molecule has 0 bridgehead atoms. The number of esters is 1. The second-order valence-electron chi connectivity index (χ2n) is 4.34. The third-order valence-electron chi connectivity index (χ3n) is 2.99. The lowest BCUT2D eigenvalue weighted by atomic mass is 10.2. The van der Waals surface area contributed by atoms with Crippen molar-refractivity contribution < 1.29 is 9.53 Å². The predicted octanol–water partition coefficient (Wildman–Crippen LogP) is 3.34. The lowest BCUT2D eigenvalue weighted by Gasteiger charge is -2.02. The van der Waals surface area contributed by atoms with E-state index < -0.39 is 5.97 Å². The highest BCUT2D eigenvalue weighted by atomic mass is 79.9. The van der Waals surface area contributed by atoms with Gasteiger partial charge >= 0.3 is 5.97 Å². The number of aromatic nitrogens is 3. The average Bonchev–Trinajstić information content (AvgIpc) is 2.85. The van der Waals surface area contributed by atoms with Gasteiger partial charge in [-0.2, -0.15) is 0 Å². The van der Waals surface area contributed by atoms with Crippen molar-refractivity contribution in [2.75, 3.05) is 6.61 Å². The van der Waals surface area contributed by atoms with Crippen molar-refractivity contribution in [1.82, 2.24) is 14.4 Å². The van der Waals surface area contributed by atoms with Crippen LogP contribution < -0.4 is 0 Å². The fourth-order valence-electron chi connectivity index (χ4n) is 2.01. The zero-order valence-corrected chi connectivity index (χ0v) is 12.9. The molecule has 1 aromatic carbocycles. The predicted molar refractivity (Wildman–Crippen MR) is 82.1 cm³/mol. The maximum atomic E-state index is 11.8. The van der Waals surface area contributed by atoms with E-state index in [9.17, 15) is 4.79 Å². The van der Waals surface area contributed by atoms with Crippen LogP contribution in [-0.2, 0) is 4.74 Å². The summed E-state index contributed by atoms with van der Waals surface area (Å²) in [5.41, 5.74) is 2.64. The summed E-state index contributed by atoms with van der Waals surface area (Å²) in [5.74, 6) is -0.450. The van der Waals surface area contributed by atoms with Crippen LogP contribution in [0.15, 0.2) is 47.3 Å². The summed E-state index contributed by atoms with van der Waals surface area (Å²) in [6.45, 7) is 2.07. The molecular weight excluding hydrogens is 334 g/mol. The molecule has 3 aromatic rings. The largest absolute Gasteiger partial charge is 0.461 e. The van der Waals surface area contributed by atoms with Crippen LogP contribution in [0.25, 0.3) is 16.9 Å². The van der Waals surface area contributed by atoms with Gasteiger partial charge in [0, 0.05) is 11.8 Å². The van der Waals surface area contributed by atoms with Gasteiger partial charge in [0.15, 0.2) is 11.3 Å². The van der Waals surface area contributed by atoms with E-state index in [-0.39, 0.29) is 5.69 Å². The van der Waals surface area contributed by atoms with E-state index in [2.05, 4.69) is 25.9 Å². The van der Waals surface area contributed by atoms with Crippen molar-refractivity contribution in [1.29, 1.82) is 0 Å². The molecule has 21 heavy (non-hydrogen) atoms. The Bertz CT molecular complexity index is 799. The topological polar surface area (TPSA) is 56.5 Å². The monoisotopic (exact) mass is 345 g/mol. The summed E-state index contributed by atoms with van der Waals surface area (Å²) in [7, 11) is 0. The Morgan fingerprint density at radius 2 is 2.10 bits per heavy atom. The average molecular weight is 346 g/mol. The van der Waals surface area contributed by atoms with Crippen molar-refractivity contribution in [3.8, 4) is 11.3 Å². The molecule has 3 rings (SSSR count). The normalized spacial score (nSPS) is 10.8. The van der Waals surface area contributed by atoms with Crippen LogP contribution in [0.2, 0.25) is 0 Å². The number of hydrogen-bond acceptors (Lipinski definition) is 4. The van der Waals surface area contributed by atoms with Gasteiger partial charge in [0.25, 0.3) is 0 Å². The molecule has 0 radical (unpaired) electrons. The number of benzene rings is 1. The summed E-state index contributed by atoms with van der Waals surface area (Å²) in [5, 5.41) is 0. The number of nitrogens with zero attached hydrogens (tertiary/aromatic N) is 3. The van der Waals surface area contributed by atoms with Gasteiger partial charge in [-0.3, -0.25) is 9.38 Å². The fraction of sp³-hybridized carbons (Fsp3) is 0.133. The Morgan fingerprint density at radius 3 is 2.81 bits per heavy atom. The maximum Gasteiger partial charge on any atom is 0.359 e. The van der Waals surface area contributed by atoms with E-state index in [0.717, 1.165) is 11.3 Å². The molecule has 106 valence electrons. The maximum absolute atomic E-state index is 11.8. The van der Waals surface area contributed by atoms with Crippen molar-refractivity contribution in [3.05, 3.63) is 53.0 Å². The molecule has 0 fully saturated rings. The lowest BCUT2D eigenvalue weighted by molar-refractivity contribution is 0.0519. The second-order valence-corrected chi connectivity index (χ2v) is 5.09. The second kappa shape index (κ2) is 5.65. The number of rotatable bonds is 3. The van der Waals surface area contributed by atoms with E-state index in [1.54, 1.807) is 17.5 Å². The molecule has 0 saturated heterocycles. The van der Waals surface area contributed by atoms with Crippen LogP contribution in [0.3, 0.4) is 0 Å². The number of ether oxygens (including phenoxy) is 1. The molecule has 0 aliphatic rings. The molecule has 0 spiro atoms. The van der Waals surface area contributed by atoms with Crippen LogP contribution in [-0.4, -0.2) is 26.9 Å². The SMILES string of the molecule is CCOC(=O)c1nc2cnc(-c3ccccc3)cn2c1Br. The Labute approximate surface area is 129 Å². The van der Waals surface area contributed by atoms with Crippen LogP contribution in [0.4, 0.5) is 0 Å². The van der Waals surface area contributed by atoms with Crippen molar-refractivity contribution in [2.24, 2.45) is 0 Å². The third kappa shape index (κ3) is 2.54. The molecule has 0 aliphatic carbocycles. The number of halogens is 1. The van der Waals surface area contributed by atoms with Gasteiger partial charge in [0.1, 0.15) is 4.60 Å². The number of hydrogen-bond donors (Lipinski definition) is 0. The van der Waals surface area contributed by atoms with E-state index in [4.69, 9.17) is 4.74 Å². The van der Waals surface area contributed by atoms with E-state index in [0.29, 0.717) is 16.9 Å². The van der Waals surface area contributed by atoms with Gasteiger partial charge < -0.3 is 4.74 Å². The van der Waals surface area contributed by atoms with Crippen LogP contribution in [0, 0.1) is 0 Å². The molecule has 2 aromatic heterocycles. The van der Waals surface area contributed by atoms with E-state index in [1.807, 2.05) is 36.5 Å². The number of fused-ring (bicyclic) bond motifs is 1. The first-order chi connectivity index (χ1) is 10.2. The molecule has 0 atom stereocenters. The Kier molecular flexibility index (Phi) is 3.70. The number of imidazole rings is 1. The van der Waals surface area contributed by atoms with E-state index >= 15 is 0 Å². The molecular formula is C15H12BrN3O2. The van der Waals surface area contributed by atoms with Crippen LogP contribution in [0.1, 0.15) is 17.4 Å². The first-order valence-corrected chi connectivity index (χ1v) is 7.26. The van der Waals surface area contributed by atoms with Gasteiger partial charge in [-0.1, -0.05) is 30.3 Å². The summed E-state index contributed by atoms with van der Waals surface area (Å²) < 4.78 is 7.33. The van der Waals surface area contributed by atoms with Gasteiger partial charge in [-0.05, 0) is 22.9 Å². The quantitative estimate of drug-likeness (QED) is 0.683. The summed E-state index contributed by atoms with van der Waals surface area (Å²) >= 11 is 3.40.